The van der Waals surface area contributed by atoms with Crippen LogP contribution in [-0.2, 0) is 17.6 Å². The number of imidazole rings is 1. The molecule has 0 fully saturated rings. The molecular formula is C13H16N2O2. The summed E-state index contributed by atoms with van der Waals surface area (Å²) in [6, 6.07) is 3.77. The van der Waals surface area contributed by atoms with E-state index in [1.807, 2.05) is 19.1 Å². The average molecular weight is 232 g/mol. The molecule has 0 saturated heterocycles. The zero-order chi connectivity index (χ0) is 12.4. The van der Waals surface area contributed by atoms with Crippen LogP contribution in [0.4, 0.5) is 0 Å². The summed E-state index contributed by atoms with van der Waals surface area (Å²) >= 11 is 0. The first-order valence-electron chi connectivity index (χ1n) is 5.80. The van der Waals surface area contributed by atoms with E-state index in [1.54, 1.807) is 0 Å². The van der Waals surface area contributed by atoms with E-state index in [2.05, 4.69) is 16.9 Å². The highest BCUT2D eigenvalue weighted by Gasteiger charge is 2.08. The largest absolute Gasteiger partial charge is 0.481 e. The first-order chi connectivity index (χ1) is 8.10. The highest BCUT2D eigenvalue weighted by atomic mass is 16.4. The van der Waals surface area contributed by atoms with Crippen molar-refractivity contribution in [3.05, 3.63) is 29.1 Å². The number of aromatic nitrogens is 2. The number of aromatic amines is 1. The van der Waals surface area contributed by atoms with Gasteiger partial charge in [0.25, 0.3) is 0 Å². The molecule has 1 aromatic heterocycles. The molecule has 1 heterocycles. The van der Waals surface area contributed by atoms with Crippen LogP contribution in [0, 0.1) is 6.92 Å². The number of benzene rings is 1. The fourth-order valence-corrected chi connectivity index (χ4v) is 2.05. The molecule has 0 atom stereocenters. The summed E-state index contributed by atoms with van der Waals surface area (Å²) in [4.78, 5) is 18.5. The zero-order valence-corrected chi connectivity index (χ0v) is 10.1. The molecule has 90 valence electrons. The smallest absolute Gasteiger partial charge is 0.307 e. The lowest BCUT2D eigenvalue weighted by Gasteiger charge is -2.00. The number of rotatable bonds is 4. The Morgan fingerprint density at radius 2 is 2.24 bits per heavy atom. The fourth-order valence-electron chi connectivity index (χ4n) is 2.05. The van der Waals surface area contributed by atoms with Gasteiger partial charge in [-0.05, 0) is 30.5 Å². The van der Waals surface area contributed by atoms with Gasteiger partial charge in [0.05, 0.1) is 17.5 Å². The van der Waals surface area contributed by atoms with Gasteiger partial charge in [0.2, 0.25) is 0 Å². The van der Waals surface area contributed by atoms with Gasteiger partial charge in [-0.3, -0.25) is 4.79 Å². The number of carboxylic acids is 1. The number of fused-ring (bicyclic) bond motifs is 1. The molecule has 0 radical (unpaired) electrons. The van der Waals surface area contributed by atoms with Crippen LogP contribution in [0.5, 0.6) is 0 Å². The maximum atomic E-state index is 10.7. The molecule has 0 aliphatic carbocycles. The van der Waals surface area contributed by atoms with Gasteiger partial charge in [0.1, 0.15) is 5.82 Å². The Hall–Kier alpha value is -1.84. The molecule has 0 aliphatic rings. The van der Waals surface area contributed by atoms with Gasteiger partial charge in [-0.1, -0.05) is 13.0 Å². The van der Waals surface area contributed by atoms with E-state index in [4.69, 9.17) is 5.11 Å². The summed E-state index contributed by atoms with van der Waals surface area (Å²) in [6.45, 7) is 4.07. The number of carboxylic acid groups (broad SMARTS) is 1. The first kappa shape index (κ1) is 11.6. The van der Waals surface area contributed by atoms with Gasteiger partial charge in [0, 0.05) is 6.42 Å². The molecular weight excluding hydrogens is 216 g/mol. The van der Waals surface area contributed by atoms with E-state index in [0.717, 1.165) is 40.8 Å². The van der Waals surface area contributed by atoms with E-state index < -0.39 is 5.97 Å². The number of aliphatic carboxylic acids is 1. The number of nitrogens with one attached hydrogen (secondary N) is 1. The van der Waals surface area contributed by atoms with Crippen molar-refractivity contribution in [1.82, 2.24) is 9.97 Å². The summed E-state index contributed by atoms with van der Waals surface area (Å²) in [5, 5.41) is 8.79. The molecule has 17 heavy (non-hydrogen) atoms. The fraction of sp³-hybridized carbons (Fsp3) is 0.385. The van der Waals surface area contributed by atoms with E-state index >= 15 is 0 Å². The van der Waals surface area contributed by atoms with Gasteiger partial charge < -0.3 is 10.1 Å². The third-order valence-electron chi connectivity index (χ3n) is 2.73. The van der Waals surface area contributed by atoms with E-state index in [0.29, 0.717) is 0 Å². The maximum Gasteiger partial charge on any atom is 0.307 e. The van der Waals surface area contributed by atoms with Crippen LogP contribution >= 0.6 is 0 Å². The van der Waals surface area contributed by atoms with Crippen LogP contribution in [0.25, 0.3) is 11.0 Å². The minimum absolute atomic E-state index is 0.0545. The normalized spacial score (nSPS) is 10.9. The third-order valence-corrected chi connectivity index (χ3v) is 2.73. The lowest BCUT2D eigenvalue weighted by atomic mass is 10.1. The molecule has 4 heteroatoms. The highest BCUT2D eigenvalue weighted by molar-refractivity contribution is 5.81. The standard InChI is InChI=1S/C13H16N2O2/c1-3-4-11-14-10-6-9(7-12(16)17)5-8(2)13(10)15-11/h5-6H,3-4,7H2,1-2H3,(H,14,15)(H,16,17). The predicted octanol–water partition coefficient (Wildman–Crippen LogP) is 2.45. The lowest BCUT2D eigenvalue weighted by molar-refractivity contribution is -0.136. The number of hydrogen-bond acceptors (Lipinski definition) is 2. The second-order valence-corrected chi connectivity index (χ2v) is 4.31. The minimum Gasteiger partial charge on any atom is -0.481 e. The van der Waals surface area contributed by atoms with Crippen molar-refractivity contribution < 1.29 is 9.90 Å². The Balaban J connectivity index is 2.45. The van der Waals surface area contributed by atoms with Crippen LogP contribution in [0.3, 0.4) is 0 Å². The van der Waals surface area contributed by atoms with Crippen molar-refractivity contribution in [3.63, 3.8) is 0 Å². The van der Waals surface area contributed by atoms with Crippen LogP contribution in [-0.4, -0.2) is 21.0 Å². The third kappa shape index (κ3) is 2.46. The second-order valence-electron chi connectivity index (χ2n) is 4.31. The zero-order valence-electron chi connectivity index (χ0n) is 10.1. The Bertz CT molecular complexity index is 558. The maximum absolute atomic E-state index is 10.7. The molecule has 0 unspecified atom stereocenters. The number of hydrogen-bond donors (Lipinski definition) is 2. The molecule has 0 saturated carbocycles. The number of H-pyrrole nitrogens is 1. The Labute approximate surface area is 99.7 Å². The Morgan fingerprint density at radius 1 is 1.47 bits per heavy atom. The SMILES string of the molecule is CCCc1nc2c(C)cc(CC(=O)O)cc2[nH]1. The summed E-state index contributed by atoms with van der Waals surface area (Å²) in [7, 11) is 0. The predicted molar refractivity (Wildman–Crippen MR) is 66.2 cm³/mol. The van der Waals surface area contributed by atoms with Crippen molar-refractivity contribution in [2.24, 2.45) is 0 Å². The average Bonchev–Trinajstić information content (AvgIpc) is 2.60. The van der Waals surface area contributed by atoms with Crippen LogP contribution in [0.1, 0.15) is 30.3 Å². The molecule has 2 N–H and O–H groups in total. The van der Waals surface area contributed by atoms with Gasteiger partial charge in [-0.15, -0.1) is 0 Å². The van der Waals surface area contributed by atoms with Crippen molar-refractivity contribution in [1.29, 1.82) is 0 Å². The van der Waals surface area contributed by atoms with E-state index in [1.165, 1.54) is 0 Å². The van der Waals surface area contributed by atoms with Crippen LogP contribution < -0.4 is 0 Å². The van der Waals surface area contributed by atoms with Crippen molar-refractivity contribution in [3.8, 4) is 0 Å². The number of carbonyl (C=O) groups is 1. The van der Waals surface area contributed by atoms with Gasteiger partial charge in [-0.25, -0.2) is 4.98 Å². The lowest BCUT2D eigenvalue weighted by Crippen LogP contribution is -2.00. The van der Waals surface area contributed by atoms with Gasteiger partial charge in [-0.2, -0.15) is 0 Å². The molecule has 0 amide bonds. The van der Waals surface area contributed by atoms with Crippen molar-refractivity contribution in [2.75, 3.05) is 0 Å². The molecule has 0 aliphatic heterocycles. The number of nitrogens with zero attached hydrogens (tertiary/aromatic N) is 1. The van der Waals surface area contributed by atoms with Gasteiger partial charge >= 0.3 is 5.97 Å². The molecule has 2 rings (SSSR count). The van der Waals surface area contributed by atoms with Crippen LogP contribution in [0.15, 0.2) is 12.1 Å². The van der Waals surface area contributed by atoms with Crippen molar-refractivity contribution >= 4 is 17.0 Å². The summed E-state index contributed by atoms with van der Waals surface area (Å²) in [5.74, 6) is 0.162. The molecule has 0 bridgehead atoms. The molecule has 2 aromatic rings. The Kier molecular flexibility index (Phi) is 3.13. The summed E-state index contributed by atoms with van der Waals surface area (Å²) in [6.07, 6.45) is 2.02. The van der Waals surface area contributed by atoms with Crippen LogP contribution in [0.2, 0.25) is 0 Å². The highest BCUT2D eigenvalue weighted by Crippen LogP contribution is 2.19. The van der Waals surface area contributed by atoms with Gasteiger partial charge in [0.15, 0.2) is 0 Å². The topological polar surface area (TPSA) is 66.0 Å². The molecule has 4 nitrogen and oxygen atoms in total. The molecule has 0 spiro atoms. The van der Waals surface area contributed by atoms with Crippen molar-refractivity contribution in [2.45, 2.75) is 33.1 Å². The summed E-state index contributed by atoms with van der Waals surface area (Å²) in [5.41, 5.74) is 3.72. The van der Waals surface area contributed by atoms with E-state index in [9.17, 15) is 4.79 Å². The second kappa shape index (κ2) is 4.57. The summed E-state index contributed by atoms with van der Waals surface area (Å²) < 4.78 is 0. The molecule has 1 aromatic carbocycles. The Morgan fingerprint density at radius 3 is 2.88 bits per heavy atom. The monoisotopic (exact) mass is 232 g/mol. The number of aryl methyl sites for hydroxylation is 2. The quantitative estimate of drug-likeness (QED) is 0.850. The minimum atomic E-state index is -0.808. The van der Waals surface area contributed by atoms with E-state index in [-0.39, 0.29) is 6.42 Å². The first-order valence-corrected chi connectivity index (χ1v) is 5.80.